The molecular formula is C17H25NO3. The Balaban J connectivity index is 2.37. The van der Waals surface area contributed by atoms with Crippen LogP contribution in [0.1, 0.15) is 25.8 Å². The van der Waals surface area contributed by atoms with Crippen LogP contribution in [-0.2, 0) is 16.1 Å². The van der Waals surface area contributed by atoms with E-state index in [2.05, 4.69) is 25.7 Å². The van der Waals surface area contributed by atoms with Crippen LogP contribution in [0.5, 0.6) is 0 Å². The van der Waals surface area contributed by atoms with Crippen molar-refractivity contribution in [3.8, 4) is 0 Å². The van der Waals surface area contributed by atoms with Crippen LogP contribution in [-0.4, -0.2) is 25.3 Å². The molecule has 0 aliphatic carbocycles. The molecule has 0 heterocycles. The van der Waals surface area contributed by atoms with Gasteiger partial charge in [0.1, 0.15) is 6.61 Å². The molecule has 0 saturated carbocycles. The second-order valence-electron chi connectivity index (χ2n) is 5.36. The van der Waals surface area contributed by atoms with Crippen molar-refractivity contribution in [3.63, 3.8) is 0 Å². The molecule has 1 amide bonds. The lowest BCUT2D eigenvalue weighted by Gasteiger charge is -2.20. The fourth-order valence-corrected chi connectivity index (χ4v) is 1.96. The first-order chi connectivity index (χ1) is 10.1. The molecule has 0 bridgehead atoms. The number of alkyl carbamates (subject to hydrolysis) is 1. The first-order valence-electron chi connectivity index (χ1n) is 7.27. The summed E-state index contributed by atoms with van der Waals surface area (Å²) in [5, 5.41) is 2.86. The van der Waals surface area contributed by atoms with Gasteiger partial charge in [-0.05, 0) is 17.9 Å². The van der Waals surface area contributed by atoms with Crippen molar-refractivity contribution in [3.05, 3.63) is 48.6 Å². The van der Waals surface area contributed by atoms with Crippen LogP contribution in [0.2, 0.25) is 0 Å². The highest BCUT2D eigenvalue weighted by Gasteiger charge is 2.15. The minimum atomic E-state index is -0.410. The predicted molar refractivity (Wildman–Crippen MR) is 84.0 cm³/mol. The second kappa shape index (κ2) is 10.00. The summed E-state index contributed by atoms with van der Waals surface area (Å²) in [4.78, 5) is 11.8. The molecule has 0 fully saturated rings. The highest BCUT2D eigenvalue weighted by atomic mass is 16.5. The zero-order chi connectivity index (χ0) is 15.5. The van der Waals surface area contributed by atoms with Gasteiger partial charge in [0.25, 0.3) is 0 Å². The standard InChI is InChI=1S/C17H25NO3/c1-4-10-20-13-16(11-14(2)3)18-17(19)21-12-15-8-6-5-7-9-15/h4-9,14,16H,1,10-13H2,2-3H3,(H,18,19). The maximum atomic E-state index is 11.8. The Morgan fingerprint density at radius 2 is 2.05 bits per heavy atom. The third kappa shape index (κ3) is 8.15. The van der Waals surface area contributed by atoms with Crippen molar-refractivity contribution in [1.29, 1.82) is 0 Å². The molecule has 0 aliphatic heterocycles. The molecular weight excluding hydrogens is 266 g/mol. The van der Waals surface area contributed by atoms with Gasteiger partial charge in [0.05, 0.1) is 19.3 Å². The molecule has 0 radical (unpaired) electrons. The molecule has 1 N–H and O–H groups in total. The zero-order valence-electron chi connectivity index (χ0n) is 12.9. The van der Waals surface area contributed by atoms with Gasteiger partial charge < -0.3 is 14.8 Å². The zero-order valence-corrected chi connectivity index (χ0v) is 12.9. The molecule has 0 aromatic heterocycles. The van der Waals surface area contributed by atoms with Gasteiger partial charge in [-0.2, -0.15) is 0 Å². The predicted octanol–water partition coefficient (Wildman–Crippen LogP) is 3.53. The van der Waals surface area contributed by atoms with Gasteiger partial charge in [0, 0.05) is 0 Å². The Labute approximate surface area is 127 Å². The van der Waals surface area contributed by atoms with Gasteiger partial charge in [-0.25, -0.2) is 4.79 Å². The average Bonchev–Trinajstić information content (AvgIpc) is 2.46. The molecule has 4 heteroatoms. The second-order valence-corrected chi connectivity index (χ2v) is 5.36. The highest BCUT2D eigenvalue weighted by molar-refractivity contribution is 5.67. The molecule has 0 saturated heterocycles. The van der Waals surface area contributed by atoms with E-state index in [0.29, 0.717) is 19.1 Å². The molecule has 1 aromatic carbocycles. The van der Waals surface area contributed by atoms with E-state index in [9.17, 15) is 4.79 Å². The number of benzene rings is 1. The van der Waals surface area contributed by atoms with Gasteiger partial charge in [0.2, 0.25) is 0 Å². The molecule has 1 rings (SSSR count). The van der Waals surface area contributed by atoms with Crippen molar-refractivity contribution in [2.75, 3.05) is 13.2 Å². The number of carbonyl (C=O) groups excluding carboxylic acids is 1. The monoisotopic (exact) mass is 291 g/mol. The van der Waals surface area contributed by atoms with E-state index < -0.39 is 6.09 Å². The van der Waals surface area contributed by atoms with Crippen molar-refractivity contribution in [2.45, 2.75) is 32.9 Å². The lowest BCUT2D eigenvalue weighted by atomic mass is 10.0. The van der Waals surface area contributed by atoms with Gasteiger partial charge in [0.15, 0.2) is 0 Å². The van der Waals surface area contributed by atoms with Gasteiger partial charge in [-0.15, -0.1) is 6.58 Å². The van der Waals surface area contributed by atoms with Gasteiger partial charge in [-0.3, -0.25) is 0 Å². The summed E-state index contributed by atoms with van der Waals surface area (Å²) in [6, 6.07) is 9.56. The maximum Gasteiger partial charge on any atom is 0.407 e. The van der Waals surface area contributed by atoms with Crippen LogP contribution in [0.15, 0.2) is 43.0 Å². The van der Waals surface area contributed by atoms with E-state index in [-0.39, 0.29) is 12.6 Å². The van der Waals surface area contributed by atoms with Crippen LogP contribution in [0, 0.1) is 5.92 Å². The number of ether oxygens (including phenoxy) is 2. The number of amides is 1. The molecule has 116 valence electrons. The van der Waals surface area contributed by atoms with E-state index in [4.69, 9.17) is 9.47 Å². The smallest absolute Gasteiger partial charge is 0.407 e. The highest BCUT2D eigenvalue weighted by Crippen LogP contribution is 2.06. The summed E-state index contributed by atoms with van der Waals surface area (Å²) >= 11 is 0. The van der Waals surface area contributed by atoms with E-state index in [1.165, 1.54) is 0 Å². The van der Waals surface area contributed by atoms with Crippen molar-refractivity contribution in [2.24, 2.45) is 5.92 Å². The van der Waals surface area contributed by atoms with Crippen LogP contribution in [0.4, 0.5) is 4.79 Å². The van der Waals surface area contributed by atoms with Crippen LogP contribution in [0.3, 0.4) is 0 Å². The fourth-order valence-electron chi connectivity index (χ4n) is 1.96. The molecule has 0 spiro atoms. The molecule has 0 aliphatic rings. The number of rotatable bonds is 9. The Bertz CT molecular complexity index is 417. The average molecular weight is 291 g/mol. The number of carbonyl (C=O) groups is 1. The maximum absolute atomic E-state index is 11.8. The Morgan fingerprint density at radius 3 is 2.67 bits per heavy atom. The summed E-state index contributed by atoms with van der Waals surface area (Å²) in [5.74, 6) is 0.469. The largest absolute Gasteiger partial charge is 0.445 e. The third-order valence-corrected chi connectivity index (χ3v) is 2.85. The summed E-state index contributed by atoms with van der Waals surface area (Å²) < 4.78 is 10.6. The summed E-state index contributed by atoms with van der Waals surface area (Å²) in [6.45, 7) is 9.04. The minimum Gasteiger partial charge on any atom is -0.445 e. The topological polar surface area (TPSA) is 47.6 Å². The first-order valence-corrected chi connectivity index (χ1v) is 7.27. The summed E-state index contributed by atoms with van der Waals surface area (Å²) in [6.07, 6.45) is 2.13. The molecule has 1 aromatic rings. The number of hydrogen-bond donors (Lipinski definition) is 1. The lowest BCUT2D eigenvalue weighted by Crippen LogP contribution is -2.39. The molecule has 1 atom stereocenters. The number of nitrogens with one attached hydrogen (secondary N) is 1. The SMILES string of the molecule is C=CCOCC(CC(C)C)NC(=O)OCc1ccccc1. The normalized spacial score (nSPS) is 12.0. The minimum absolute atomic E-state index is 0.0479. The van der Waals surface area contributed by atoms with Crippen molar-refractivity contribution < 1.29 is 14.3 Å². The van der Waals surface area contributed by atoms with Crippen LogP contribution < -0.4 is 5.32 Å². The first kappa shape index (κ1) is 17.2. The van der Waals surface area contributed by atoms with E-state index >= 15 is 0 Å². The Morgan fingerprint density at radius 1 is 1.33 bits per heavy atom. The lowest BCUT2D eigenvalue weighted by molar-refractivity contribution is 0.106. The van der Waals surface area contributed by atoms with Gasteiger partial charge in [-0.1, -0.05) is 50.3 Å². The van der Waals surface area contributed by atoms with E-state index in [1.807, 2.05) is 30.3 Å². The molecule has 1 unspecified atom stereocenters. The third-order valence-electron chi connectivity index (χ3n) is 2.85. The Hall–Kier alpha value is -1.81. The van der Waals surface area contributed by atoms with Crippen LogP contribution in [0.25, 0.3) is 0 Å². The summed E-state index contributed by atoms with van der Waals surface area (Å²) in [5.41, 5.74) is 0.968. The van der Waals surface area contributed by atoms with E-state index in [1.54, 1.807) is 6.08 Å². The number of hydrogen-bond acceptors (Lipinski definition) is 3. The van der Waals surface area contributed by atoms with Crippen molar-refractivity contribution >= 4 is 6.09 Å². The molecule has 4 nitrogen and oxygen atoms in total. The van der Waals surface area contributed by atoms with Gasteiger partial charge >= 0.3 is 6.09 Å². The Kier molecular flexibility index (Phi) is 8.21. The summed E-state index contributed by atoms with van der Waals surface area (Å²) in [7, 11) is 0. The quantitative estimate of drug-likeness (QED) is 0.559. The van der Waals surface area contributed by atoms with E-state index in [0.717, 1.165) is 12.0 Å². The molecule has 21 heavy (non-hydrogen) atoms. The van der Waals surface area contributed by atoms with Crippen LogP contribution >= 0.6 is 0 Å². The fraction of sp³-hybridized carbons (Fsp3) is 0.471. The van der Waals surface area contributed by atoms with Crippen molar-refractivity contribution in [1.82, 2.24) is 5.32 Å².